The summed E-state index contributed by atoms with van der Waals surface area (Å²) >= 11 is 0. The first-order chi connectivity index (χ1) is 8.45. The predicted octanol–water partition coefficient (Wildman–Crippen LogP) is 1.74. The molecule has 0 fully saturated rings. The van der Waals surface area contributed by atoms with E-state index in [4.69, 9.17) is 4.74 Å². The molecule has 2 heterocycles. The number of alkyl halides is 3. The van der Waals surface area contributed by atoms with Crippen molar-refractivity contribution in [2.45, 2.75) is 38.4 Å². The second kappa shape index (κ2) is 4.58. The highest BCUT2D eigenvalue weighted by Gasteiger charge is 2.41. The van der Waals surface area contributed by atoms with Crippen LogP contribution in [-0.2, 0) is 22.3 Å². The van der Waals surface area contributed by atoms with Crippen LogP contribution in [-0.4, -0.2) is 27.3 Å². The van der Waals surface area contributed by atoms with E-state index in [1.807, 2.05) is 0 Å². The van der Waals surface area contributed by atoms with E-state index < -0.39 is 23.9 Å². The second-order valence-corrected chi connectivity index (χ2v) is 3.98. The highest BCUT2D eigenvalue weighted by Crippen LogP contribution is 2.34. The van der Waals surface area contributed by atoms with E-state index in [1.165, 1.54) is 0 Å². The van der Waals surface area contributed by atoms with Gasteiger partial charge in [-0.1, -0.05) is 0 Å². The molecule has 1 aliphatic heterocycles. The van der Waals surface area contributed by atoms with Gasteiger partial charge in [-0.05, 0) is 19.8 Å². The van der Waals surface area contributed by atoms with Crippen LogP contribution in [0.4, 0.5) is 13.2 Å². The zero-order chi connectivity index (χ0) is 13.3. The number of esters is 1. The van der Waals surface area contributed by atoms with Crippen LogP contribution in [0.25, 0.3) is 0 Å². The number of hydrogen-bond acceptors (Lipinski definition) is 4. The van der Waals surface area contributed by atoms with Crippen molar-refractivity contribution in [3.63, 3.8) is 0 Å². The minimum absolute atomic E-state index is 0.0482. The SMILES string of the molecule is CCOC(=O)[C@@H]1CCCn2c1nnc2C(F)(F)F. The van der Waals surface area contributed by atoms with Crippen molar-refractivity contribution >= 4 is 5.97 Å². The van der Waals surface area contributed by atoms with Gasteiger partial charge in [0.2, 0.25) is 5.82 Å². The first-order valence-electron chi connectivity index (χ1n) is 5.62. The number of halogens is 3. The minimum Gasteiger partial charge on any atom is -0.465 e. The predicted molar refractivity (Wildman–Crippen MR) is 53.6 cm³/mol. The van der Waals surface area contributed by atoms with Crippen molar-refractivity contribution in [3.05, 3.63) is 11.6 Å². The average molecular weight is 263 g/mol. The van der Waals surface area contributed by atoms with Crippen LogP contribution in [0.2, 0.25) is 0 Å². The molecular weight excluding hydrogens is 251 g/mol. The summed E-state index contributed by atoms with van der Waals surface area (Å²) in [5.74, 6) is -2.29. The molecule has 0 unspecified atom stereocenters. The van der Waals surface area contributed by atoms with Gasteiger partial charge >= 0.3 is 12.1 Å². The molecule has 100 valence electrons. The van der Waals surface area contributed by atoms with Crippen LogP contribution in [0.3, 0.4) is 0 Å². The number of carbonyl (C=O) groups is 1. The molecule has 0 amide bonds. The number of ether oxygens (including phenoxy) is 1. The van der Waals surface area contributed by atoms with E-state index in [-0.39, 0.29) is 19.0 Å². The van der Waals surface area contributed by atoms with Crippen LogP contribution in [0.5, 0.6) is 0 Å². The Balaban J connectivity index is 2.34. The molecule has 8 heteroatoms. The fourth-order valence-electron chi connectivity index (χ4n) is 2.05. The molecule has 18 heavy (non-hydrogen) atoms. The highest BCUT2D eigenvalue weighted by molar-refractivity contribution is 5.77. The summed E-state index contributed by atoms with van der Waals surface area (Å²) < 4.78 is 43.7. The number of fused-ring (bicyclic) bond motifs is 1. The topological polar surface area (TPSA) is 57.0 Å². The van der Waals surface area contributed by atoms with Gasteiger partial charge in [0.1, 0.15) is 11.7 Å². The summed E-state index contributed by atoms with van der Waals surface area (Å²) in [5.41, 5.74) is 0. The number of nitrogens with zero attached hydrogens (tertiary/aromatic N) is 3. The van der Waals surface area contributed by atoms with E-state index >= 15 is 0 Å². The van der Waals surface area contributed by atoms with Crippen LogP contribution < -0.4 is 0 Å². The normalized spacial score (nSPS) is 19.4. The third-order valence-corrected chi connectivity index (χ3v) is 2.79. The summed E-state index contributed by atoms with van der Waals surface area (Å²) in [5, 5.41) is 6.64. The van der Waals surface area contributed by atoms with Gasteiger partial charge in [0.05, 0.1) is 6.61 Å². The Bertz CT molecular complexity index is 456. The lowest BCUT2D eigenvalue weighted by Crippen LogP contribution is -2.26. The maximum atomic E-state index is 12.6. The molecule has 0 saturated heterocycles. The Kier molecular flexibility index (Phi) is 3.27. The van der Waals surface area contributed by atoms with Gasteiger partial charge in [-0.15, -0.1) is 10.2 Å². The summed E-state index contributed by atoms with van der Waals surface area (Å²) in [4.78, 5) is 11.6. The standard InChI is InChI=1S/C10H12F3N3O2/c1-2-18-8(17)6-4-3-5-16-7(6)14-15-9(16)10(11,12)13/h6H,2-5H2,1H3/t6-/m1/s1. The smallest absolute Gasteiger partial charge is 0.451 e. The molecule has 0 aromatic carbocycles. The molecule has 0 bridgehead atoms. The Morgan fingerprint density at radius 2 is 2.22 bits per heavy atom. The van der Waals surface area contributed by atoms with Gasteiger partial charge in [0, 0.05) is 6.54 Å². The molecule has 0 aliphatic carbocycles. The molecule has 0 radical (unpaired) electrons. The largest absolute Gasteiger partial charge is 0.465 e. The Morgan fingerprint density at radius 1 is 1.50 bits per heavy atom. The Morgan fingerprint density at radius 3 is 2.83 bits per heavy atom. The van der Waals surface area contributed by atoms with E-state index in [1.54, 1.807) is 6.92 Å². The third kappa shape index (κ3) is 2.19. The molecular formula is C10H12F3N3O2. The molecule has 5 nitrogen and oxygen atoms in total. The molecule has 1 atom stereocenters. The number of carbonyl (C=O) groups excluding carboxylic acids is 1. The van der Waals surface area contributed by atoms with Crippen LogP contribution in [0.15, 0.2) is 0 Å². The number of aromatic nitrogens is 3. The van der Waals surface area contributed by atoms with Crippen LogP contribution in [0, 0.1) is 0 Å². The number of rotatable bonds is 2. The quantitative estimate of drug-likeness (QED) is 0.762. The highest BCUT2D eigenvalue weighted by atomic mass is 19.4. The van der Waals surface area contributed by atoms with Crippen LogP contribution >= 0.6 is 0 Å². The van der Waals surface area contributed by atoms with Gasteiger partial charge in [-0.25, -0.2) is 0 Å². The maximum Gasteiger partial charge on any atom is 0.451 e. The maximum absolute atomic E-state index is 12.6. The van der Waals surface area contributed by atoms with E-state index in [9.17, 15) is 18.0 Å². The molecule has 1 aliphatic rings. The zero-order valence-electron chi connectivity index (χ0n) is 9.70. The van der Waals surface area contributed by atoms with Gasteiger partial charge in [-0.2, -0.15) is 13.2 Å². The average Bonchev–Trinajstić information content (AvgIpc) is 2.72. The van der Waals surface area contributed by atoms with Crippen molar-refractivity contribution in [2.24, 2.45) is 0 Å². The summed E-state index contributed by atoms with van der Waals surface area (Å²) in [6, 6.07) is 0. The fraction of sp³-hybridized carbons (Fsp3) is 0.700. The lowest BCUT2D eigenvalue weighted by Gasteiger charge is -2.22. The number of hydrogen-bond donors (Lipinski definition) is 0. The molecule has 0 N–H and O–H groups in total. The van der Waals surface area contributed by atoms with Crippen molar-refractivity contribution in [1.82, 2.24) is 14.8 Å². The lowest BCUT2D eigenvalue weighted by molar-refractivity contribution is -0.150. The minimum atomic E-state index is -4.55. The summed E-state index contributed by atoms with van der Waals surface area (Å²) in [6.45, 7) is 2.01. The summed E-state index contributed by atoms with van der Waals surface area (Å²) in [6.07, 6.45) is -3.64. The van der Waals surface area contributed by atoms with Gasteiger partial charge in [0.15, 0.2) is 0 Å². The van der Waals surface area contributed by atoms with Crippen molar-refractivity contribution < 1.29 is 22.7 Å². The van der Waals surface area contributed by atoms with Gasteiger partial charge in [-0.3, -0.25) is 4.79 Å². The lowest BCUT2D eigenvalue weighted by atomic mass is 9.99. The molecule has 1 aromatic rings. The monoisotopic (exact) mass is 263 g/mol. The Labute approximate surface area is 101 Å². The van der Waals surface area contributed by atoms with Gasteiger partial charge in [0.25, 0.3) is 0 Å². The molecule has 2 rings (SSSR count). The molecule has 1 aromatic heterocycles. The van der Waals surface area contributed by atoms with Crippen molar-refractivity contribution in [2.75, 3.05) is 6.61 Å². The fourth-order valence-corrected chi connectivity index (χ4v) is 2.05. The molecule has 0 saturated carbocycles. The van der Waals surface area contributed by atoms with E-state index in [2.05, 4.69) is 10.2 Å². The van der Waals surface area contributed by atoms with Crippen molar-refractivity contribution in [1.29, 1.82) is 0 Å². The van der Waals surface area contributed by atoms with Gasteiger partial charge < -0.3 is 9.30 Å². The zero-order valence-corrected chi connectivity index (χ0v) is 9.70. The first-order valence-corrected chi connectivity index (χ1v) is 5.62. The van der Waals surface area contributed by atoms with Crippen LogP contribution in [0.1, 0.15) is 37.3 Å². The van der Waals surface area contributed by atoms with E-state index in [0.717, 1.165) is 4.57 Å². The third-order valence-electron chi connectivity index (χ3n) is 2.79. The second-order valence-electron chi connectivity index (χ2n) is 3.98. The summed E-state index contributed by atoms with van der Waals surface area (Å²) in [7, 11) is 0. The Hall–Kier alpha value is -1.60. The van der Waals surface area contributed by atoms with Crippen molar-refractivity contribution in [3.8, 4) is 0 Å². The van der Waals surface area contributed by atoms with E-state index in [0.29, 0.717) is 12.8 Å². The molecule has 0 spiro atoms. The first kappa shape index (κ1) is 12.8.